The Morgan fingerprint density at radius 2 is 1.53 bits per heavy atom. The number of allylic oxidation sites excluding steroid dienone is 1. The Hall–Kier alpha value is -4.26. The van der Waals surface area contributed by atoms with Gasteiger partial charge in [-0.2, -0.15) is 0 Å². The van der Waals surface area contributed by atoms with E-state index in [-0.39, 0.29) is 17.1 Å². The van der Waals surface area contributed by atoms with Crippen LogP contribution in [0.15, 0.2) is 78.0 Å². The van der Waals surface area contributed by atoms with E-state index in [0.29, 0.717) is 52.5 Å². The first-order valence-electron chi connectivity index (χ1n) is 12.6. The van der Waals surface area contributed by atoms with Gasteiger partial charge < -0.3 is 19.5 Å². The third-order valence-electron chi connectivity index (χ3n) is 7.14. The number of Topliss-reactive ketones (excluding diaryl/α,β-unsaturated/α-hetero) is 1. The highest BCUT2D eigenvalue weighted by Crippen LogP contribution is 2.50. The van der Waals surface area contributed by atoms with Crippen LogP contribution in [0.2, 0.25) is 0 Å². The van der Waals surface area contributed by atoms with Crippen molar-refractivity contribution in [2.24, 2.45) is 5.41 Å². The van der Waals surface area contributed by atoms with Crippen LogP contribution in [-0.2, 0) is 4.79 Å². The summed E-state index contributed by atoms with van der Waals surface area (Å²) in [5.74, 6) is 1.12. The Morgan fingerprint density at radius 3 is 2.16 bits per heavy atom. The van der Waals surface area contributed by atoms with Gasteiger partial charge in [0.2, 0.25) is 5.75 Å². The molecular weight excluding hydrogens is 480 g/mol. The molecule has 5 rings (SSSR count). The summed E-state index contributed by atoms with van der Waals surface area (Å²) in [7, 11) is 4.65. The second kappa shape index (κ2) is 9.89. The van der Waals surface area contributed by atoms with E-state index < -0.39 is 6.04 Å². The van der Waals surface area contributed by atoms with Gasteiger partial charge in [-0.3, -0.25) is 14.5 Å². The number of fused-ring (bicyclic) bond motifs is 1. The molecule has 0 spiro atoms. The average Bonchev–Trinajstić information content (AvgIpc) is 3.05. The number of hydrogen-bond acceptors (Lipinski definition) is 6. The van der Waals surface area contributed by atoms with Crippen molar-refractivity contribution >= 4 is 23.1 Å². The van der Waals surface area contributed by atoms with Crippen molar-refractivity contribution in [2.45, 2.75) is 32.7 Å². The molecule has 0 unspecified atom stereocenters. The van der Waals surface area contributed by atoms with Gasteiger partial charge in [0.1, 0.15) is 0 Å². The lowest BCUT2D eigenvalue weighted by Gasteiger charge is -2.37. The summed E-state index contributed by atoms with van der Waals surface area (Å²) in [4.78, 5) is 30.0. The fourth-order valence-corrected chi connectivity index (χ4v) is 5.51. The second-order valence-corrected chi connectivity index (χ2v) is 10.4. The summed E-state index contributed by atoms with van der Waals surface area (Å²) in [6, 6.07) is 19.7. The number of carbonyl (C=O) groups is 2. The van der Waals surface area contributed by atoms with Crippen molar-refractivity contribution in [3.8, 4) is 17.2 Å². The van der Waals surface area contributed by atoms with Gasteiger partial charge in [-0.15, -0.1) is 0 Å². The van der Waals surface area contributed by atoms with Crippen molar-refractivity contribution in [3.05, 3.63) is 89.1 Å². The van der Waals surface area contributed by atoms with Gasteiger partial charge >= 0.3 is 0 Å². The molecule has 196 valence electrons. The Labute approximate surface area is 223 Å². The van der Waals surface area contributed by atoms with Gasteiger partial charge in [0.15, 0.2) is 17.3 Å². The standard InChI is InChI=1S/C31H32N2O5/c1-31(2)17-22-27(24(34)18-31)28(20-15-25(36-3)29(38-5)26(16-20)37-4)33(23-14-10-9-13-21(23)32-22)30(35)19-11-7-6-8-12-19/h6-16,28,32H,17-18H2,1-5H3/t28-/m1/s1. The summed E-state index contributed by atoms with van der Waals surface area (Å²) in [6.45, 7) is 4.18. The molecule has 2 aliphatic rings. The maximum absolute atomic E-state index is 14.3. The number of methoxy groups -OCH3 is 3. The van der Waals surface area contributed by atoms with Crippen LogP contribution in [0.5, 0.6) is 17.2 Å². The molecule has 38 heavy (non-hydrogen) atoms. The number of carbonyl (C=O) groups excluding carboxylic acids is 2. The molecule has 1 aliphatic heterocycles. The molecular formula is C31H32N2O5. The number of nitrogens with zero attached hydrogens (tertiary/aromatic N) is 1. The Balaban J connectivity index is 1.84. The van der Waals surface area contributed by atoms with Crippen molar-refractivity contribution in [1.29, 1.82) is 0 Å². The number of hydrogen-bond donors (Lipinski definition) is 1. The molecule has 1 N–H and O–H groups in total. The highest BCUT2D eigenvalue weighted by molar-refractivity contribution is 6.12. The zero-order chi connectivity index (χ0) is 27.0. The van der Waals surface area contributed by atoms with Crippen LogP contribution in [0.3, 0.4) is 0 Å². The van der Waals surface area contributed by atoms with Gasteiger partial charge in [-0.25, -0.2) is 0 Å². The van der Waals surface area contributed by atoms with Crippen molar-refractivity contribution in [2.75, 3.05) is 31.5 Å². The maximum atomic E-state index is 14.3. The van der Waals surface area contributed by atoms with E-state index in [1.165, 1.54) is 0 Å². The third kappa shape index (κ3) is 4.38. The molecule has 0 saturated heterocycles. The predicted octanol–water partition coefficient (Wildman–Crippen LogP) is 6.17. The SMILES string of the molecule is COc1cc([C@@H]2C3=C(CC(C)(C)CC3=O)Nc3ccccc3N2C(=O)c2ccccc2)cc(OC)c1OC. The molecule has 7 nitrogen and oxygen atoms in total. The zero-order valence-corrected chi connectivity index (χ0v) is 22.3. The van der Waals surface area contributed by atoms with E-state index in [2.05, 4.69) is 19.2 Å². The molecule has 1 amide bonds. The molecule has 0 radical (unpaired) electrons. The second-order valence-electron chi connectivity index (χ2n) is 10.4. The van der Waals surface area contributed by atoms with E-state index in [4.69, 9.17) is 14.2 Å². The van der Waals surface area contributed by atoms with Crippen LogP contribution < -0.4 is 24.4 Å². The largest absolute Gasteiger partial charge is 0.493 e. The normalized spacial score (nSPS) is 18.1. The number of amides is 1. The van der Waals surface area contributed by atoms with Gasteiger partial charge in [0, 0.05) is 23.3 Å². The fourth-order valence-electron chi connectivity index (χ4n) is 5.51. The van der Waals surface area contributed by atoms with E-state index in [1.54, 1.807) is 38.4 Å². The predicted molar refractivity (Wildman–Crippen MR) is 147 cm³/mol. The molecule has 0 aromatic heterocycles. The topological polar surface area (TPSA) is 77.1 Å². The number of anilines is 2. The number of benzene rings is 3. The average molecular weight is 513 g/mol. The minimum atomic E-state index is -0.730. The maximum Gasteiger partial charge on any atom is 0.259 e. The van der Waals surface area contributed by atoms with E-state index >= 15 is 0 Å². The molecule has 3 aromatic rings. The Kier molecular flexibility index (Phi) is 6.61. The molecule has 3 aromatic carbocycles. The molecule has 7 heteroatoms. The molecule has 0 saturated carbocycles. The van der Waals surface area contributed by atoms with Crippen LogP contribution in [-0.4, -0.2) is 33.0 Å². The lowest BCUT2D eigenvalue weighted by Crippen LogP contribution is -2.39. The summed E-state index contributed by atoms with van der Waals surface area (Å²) in [5, 5.41) is 3.54. The van der Waals surface area contributed by atoms with Crippen molar-refractivity contribution < 1.29 is 23.8 Å². The number of rotatable bonds is 5. The first-order valence-corrected chi connectivity index (χ1v) is 12.6. The van der Waals surface area contributed by atoms with Gasteiger partial charge in [-0.05, 0) is 53.8 Å². The number of nitrogens with one attached hydrogen (secondary N) is 1. The number of ketones is 1. The number of para-hydroxylation sites is 2. The molecule has 0 fully saturated rings. The van der Waals surface area contributed by atoms with Gasteiger partial charge in [0.25, 0.3) is 5.91 Å². The minimum absolute atomic E-state index is 0.00108. The van der Waals surface area contributed by atoms with Gasteiger partial charge in [0.05, 0.1) is 38.7 Å². The molecule has 1 atom stereocenters. The van der Waals surface area contributed by atoms with Crippen LogP contribution >= 0.6 is 0 Å². The van der Waals surface area contributed by atoms with Crippen molar-refractivity contribution in [1.82, 2.24) is 0 Å². The lowest BCUT2D eigenvalue weighted by molar-refractivity contribution is -0.118. The highest BCUT2D eigenvalue weighted by atomic mass is 16.5. The monoisotopic (exact) mass is 512 g/mol. The molecule has 1 heterocycles. The van der Waals surface area contributed by atoms with Crippen LogP contribution in [0, 0.1) is 5.41 Å². The lowest BCUT2D eigenvalue weighted by atomic mass is 9.73. The summed E-state index contributed by atoms with van der Waals surface area (Å²) in [5.41, 5.74) is 3.82. The van der Waals surface area contributed by atoms with E-state index in [1.807, 2.05) is 54.6 Å². The van der Waals surface area contributed by atoms with E-state index in [9.17, 15) is 9.59 Å². The first kappa shape index (κ1) is 25.4. The summed E-state index contributed by atoms with van der Waals surface area (Å²) in [6.07, 6.45) is 1.04. The summed E-state index contributed by atoms with van der Waals surface area (Å²) >= 11 is 0. The molecule has 0 bridgehead atoms. The Morgan fingerprint density at radius 1 is 0.895 bits per heavy atom. The Bertz CT molecular complexity index is 1400. The number of ether oxygens (including phenoxy) is 3. The summed E-state index contributed by atoms with van der Waals surface area (Å²) < 4.78 is 16.9. The minimum Gasteiger partial charge on any atom is -0.493 e. The molecule has 1 aliphatic carbocycles. The fraction of sp³-hybridized carbons (Fsp3) is 0.290. The smallest absolute Gasteiger partial charge is 0.259 e. The zero-order valence-electron chi connectivity index (χ0n) is 22.3. The van der Waals surface area contributed by atoms with Crippen molar-refractivity contribution in [3.63, 3.8) is 0 Å². The first-order chi connectivity index (χ1) is 18.3. The third-order valence-corrected chi connectivity index (χ3v) is 7.14. The quantitative estimate of drug-likeness (QED) is 0.441. The van der Waals surface area contributed by atoms with Gasteiger partial charge in [-0.1, -0.05) is 44.2 Å². The van der Waals surface area contributed by atoms with Crippen LogP contribution in [0.4, 0.5) is 11.4 Å². The van der Waals surface area contributed by atoms with E-state index in [0.717, 1.165) is 11.4 Å². The highest BCUT2D eigenvalue weighted by Gasteiger charge is 2.44. The van der Waals surface area contributed by atoms with Crippen LogP contribution in [0.1, 0.15) is 48.7 Å². The van der Waals surface area contributed by atoms with Crippen LogP contribution in [0.25, 0.3) is 0 Å².